The van der Waals surface area contributed by atoms with Crippen molar-refractivity contribution in [2.45, 2.75) is 27.7 Å². The molecule has 1 rings (SSSR count). The fourth-order valence-electron chi connectivity index (χ4n) is 0.880. The first kappa shape index (κ1) is 12.3. The number of methoxy groups -OCH3 is 1. The predicted molar refractivity (Wildman–Crippen MR) is 58.1 cm³/mol. The van der Waals surface area contributed by atoms with E-state index < -0.39 is 0 Å². The topological polar surface area (TPSA) is 18.5 Å². The summed E-state index contributed by atoms with van der Waals surface area (Å²) in [6.07, 6.45) is 0. The fraction of sp³-hybridized carbons (Fsp3) is 0.600. The zero-order valence-corrected chi connectivity index (χ0v) is 9.83. The molecule has 0 spiro atoms. The molecule has 0 aliphatic heterocycles. The third kappa shape index (κ3) is 3.27. The van der Waals surface area contributed by atoms with Crippen LogP contribution in [-0.2, 0) is 0 Å². The van der Waals surface area contributed by atoms with Crippen molar-refractivity contribution in [3.05, 3.63) is 10.3 Å². The van der Waals surface area contributed by atoms with E-state index in [1.54, 1.807) is 18.4 Å². The second kappa shape index (κ2) is 6.78. The molecule has 0 radical (unpaired) electrons. The standard InChI is InChI=1S/C8H12O2S.C2H6/c1-4-10-8-6(2)11-5-7(8)9-3;1-2/h5H,4H2,1-3H3;1-2H3. The molecule has 0 saturated heterocycles. The molecule has 0 unspecified atom stereocenters. The van der Waals surface area contributed by atoms with Gasteiger partial charge in [0.05, 0.1) is 13.7 Å². The summed E-state index contributed by atoms with van der Waals surface area (Å²) >= 11 is 1.65. The predicted octanol–water partition coefficient (Wildman–Crippen LogP) is 3.49. The van der Waals surface area contributed by atoms with Crippen molar-refractivity contribution in [1.82, 2.24) is 0 Å². The van der Waals surface area contributed by atoms with Crippen LogP contribution in [-0.4, -0.2) is 13.7 Å². The first-order valence-electron chi connectivity index (χ1n) is 4.54. The molecule has 0 N–H and O–H groups in total. The number of aryl methyl sites for hydroxylation is 1. The van der Waals surface area contributed by atoms with Gasteiger partial charge in [-0.3, -0.25) is 0 Å². The van der Waals surface area contributed by atoms with Crippen molar-refractivity contribution in [2.75, 3.05) is 13.7 Å². The Morgan fingerprint density at radius 2 is 2.00 bits per heavy atom. The van der Waals surface area contributed by atoms with Crippen molar-refractivity contribution in [3.8, 4) is 11.5 Å². The fourth-order valence-corrected chi connectivity index (χ4v) is 1.63. The van der Waals surface area contributed by atoms with Gasteiger partial charge in [-0.25, -0.2) is 0 Å². The van der Waals surface area contributed by atoms with E-state index in [0.717, 1.165) is 11.5 Å². The zero-order valence-electron chi connectivity index (χ0n) is 9.01. The lowest BCUT2D eigenvalue weighted by Crippen LogP contribution is -1.93. The van der Waals surface area contributed by atoms with E-state index in [0.29, 0.717) is 6.61 Å². The van der Waals surface area contributed by atoms with Crippen molar-refractivity contribution in [3.63, 3.8) is 0 Å². The third-order valence-corrected chi connectivity index (χ3v) is 2.27. The van der Waals surface area contributed by atoms with Crippen LogP contribution in [0.15, 0.2) is 5.38 Å². The van der Waals surface area contributed by atoms with Crippen LogP contribution < -0.4 is 9.47 Å². The van der Waals surface area contributed by atoms with Crippen molar-refractivity contribution >= 4 is 11.3 Å². The Labute approximate surface area is 84.5 Å². The summed E-state index contributed by atoms with van der Waals surface area (Å²) in [5.74, 6) is 1.73. The molecule has 0 atom stereocenters. The molecule has 0 fully saturated rings. The SMILES string of the molecule is CC.CCOc1c(OC)csc1C. The van der Waals surface area contributed by atoms with Gasteiger partial charge in [0.2, 0.25) is 0 Å². The minimum absolute atomic E-state index is 0.688. The molecule has 0 saturated carbocycles. The summed E-state index contributed by atoms with van der Waals surface area (Å²) in [6.45, 7) is 8.68. The lowest BCUT2D eigenvalue weighted by molar-refractivity contribution is 0.311. The van der Waals surface area contributed by atoms with Crippen LogP contribution in [0.25, 0.3) is 0 Å². The maximum Gasteiger partial charge on any atom is 0.174 e. The van der Waals surface area contributed by atoms with Gasteiger partial charge < -0.3 is 9.47 Å². The maximum absolute atomic E-state index is 5.38. The van der Waals surface area contributed by atoms with E-state index in [1.165, 1.54) is 4.88 Å². The van der Waals surface area contributed by atoms with E-state index in [1.807, 2.05) is 33.1 Å². The van der Waals surface area contributed by atoms with Crippen LogP contribution in [0.2, 0.25) is 0 Å². The highest BCUT2D eigenvalue weighted by Gasteiger charge is 2.08. The van der Waals surface area contributed by atoms with Crippen LogP contribution in [0.5, 0.6) is 11.5 Å². The molecular formula is C10H18O2S. The van der Waals surface area contributed by atoms with E-state index in [2.05, 4.69) is 0 Å². The van der Waals surface area contributed by atoms with Gasteiger partial charge in [0.25, 0.3) is 0 Å². The second-order valence-corrected chi connectivity index (χ2v) is 3.21. The molecular weight excluding hydrogens is 184 g/mol. The summed E-state index contributed by atoms with van der Waals surface area (Å²) in [4.78, 5) is 1.17. The summed E-state index contributed by atoms with van der Waals surface area (Å²) in [7, 11) is 1.66. The molecule has 1 aromatic rings. The van der Waals surface area contributed by atoms with Crippen LogP contribution in [0.4, 0.5) is 0 Å². The normalized spacial score (nSPS) is 8.69. The van der Waals surface area contributed by atoms with E-state index >= 15 is 0 Å². The Bertz CT molecular complexity index is 231. The summed E-state index contributed by atoms with van der Waals surface area (Å²) in [5, 5.41) is 1.96. The average Bonchev–Trinajstić information content (AvgIpc) is 2.52. The van der Waals surface area contributed by atoms with E-state index in [-0.39, 0.29) is 0 Å². The van der Waals surface area contributed by atoms with Crippen molar-refractivity contribution in [1.29, 1.82) is 0 Å². The van der Waals surface area contributed by atoms with Crippen LogP contribution in [0, 0.1) is 6.92 Å². The van der Waals surface area contributed by atoms with Crippen molar-refractivity contribution < 1.29 is 9.47 Å². The Morgan fingerprint density at radius 3 is 2.46 bits per heavy atom. The number of ether oxygens (including phenoxy) is 2. The lowest BCUT2D eigenvalue weighted by Gasteiger charge is -2.04. The Kier molecular flexibility index (Phi) is 6.41. The average molecular weight is 202 g/mol. The summed E-state index contributed by atoms with van der Waals surface area (Å²) < 4.78 is 10.5. The maximum atomic E-state index is 5.38. The van der Waals surface area contributed by atoms with Gasteiger partial charge >= 0.3 is 0 Å². The van der Waals surface area contributed by atoms with E-state index in [4.69, 9.17) is 9.47 Å². The van der Waals surface area contributed by atoms with Gasteiger partial charge in [-0.05, 0) is 13.8 Å². The minimum Gasteiger partial charge on any atom is -0.492 e. The smallest absolute Gasteiger partial charge is 0.174 e. The molecule has 1 aromatic heterocycles. The molecule has 0 aromatic carbocycles. The molecule has 1 heterocycles. The zero-order chi connectivity index (χ0) is 10.3. The summed E-state index contributed by atoms with van der Waals surface area (Å²) in [6, 6.07) is 0. The van der Waals surface area contributed by atoms with Gasteiger partial charge in [-0.1, -0.05) is 13.8 Å². The molecule has 0 amide bonds. The molecule has 76 valence electrons. The summed E-state index contributed by atoms with van der Waals surface area (Å²) in [5.41, 5.74) is 0. The first-order valence-corrected chi connectivity index (χ1v) is 5.42. The van der Waals surface area contributed by atoms with Gasteiger partial charge in [0, 0.05) is 10.3 Å². The molecule has 0 aliphatic carbocycles. The third-order valence-electron chi connectivity index (χ3n) is 1.39. The Hall–Kier alpha value is -0.700. The number of hydrogen-bond donors (Lipinski definition) is 0. The second-order valence-electron chi connectivity index (χ2n) is 2.12. The lowest BCUT2D eigenvalue weighted by atomic mass is 10.4. The number of hydrogen-bond acceptors (Lipinski definition) is 3. The van der Waals surface area contributed by atoms with Gasteiger partial charge in [-0.15, -0.1) is 11.3 Å². The van der Waals surface area contributed by atoms with E-state index in [9.17, 15) is 0 Å². The van der Waals surface area contributed by atoms with Crippen LogP contribution in [0.3, 0.4) is 0 Å². The molecule has 13 heavy (non-hydrogen) atoms. The van der Waals surface area contributed by atoms with Crippen LogP contribution in [0.1, 0.15) is 25.6 Å². The quantitative estimate of drug-likeness (QED) is 0.747. The largest absolute Gasteiger partial charge is 0.492 e. The first-order chi connectivity index (χ1) is 6.29. The molecule has 0 aliphatic rings. The van der Waals surface area contributed by atoms with Gasteiger partial charge in [0.15, 0.2) is 11.5 Å². The molecule has 0 bridgehead atoms. The number of thiophene rings is 1. The van der Waals surface area contributed by atoms with Gasteiger partial charge in [-0.2, -0.15) is 0 Å². The Morgan fingerprint density at radius 1 is 1.38 bits per heavy atom. The van der Waals surface area contributed by atoms with Crippen LogP contribution >= 0.6 is 11.3 Å². The van der Waals surface area contributed by atoms with Crippen molar-refractivity contribution in [2.24, 2.45) is 0 Å². The highest BCUT2D eigenvalue weighted by atomic mass is 32.1. The highest BCUT2D eigenvalue weighted by Crippen LogP contribution is 2.36. The molecule has 3 heteroatoms. The number of rotatable bonds is 3. The van der Waals surface area contributed by atoms with Gasteiger partial charge in [0.1, 0.15) is 0 Å². The Balaban J connectivity index is 0.000000671. The monoisotopic (exact) mass is 202 g/mol. The highest BCUT2D eigenvalue weighted by molar-refractivity contribution is 7.10. The molecule has 2 nitrogen and oxygen atoms in total. The minimum atomic E-state index is 0.688.